The van der Waals surface area contributed by atoms with Crippen LogP contribution in [0, 0.1) is 13.8 Å². The number of anilines is 1. The van der Waals surface area contributed by atoms with Crippen molar-refractivity contribution in [1.29, 1.82) is 0 Å². The van der Waals surface area contributed by atoms with Crippen LogP contribution in [0.15, 0.2) is 22.2 Å². The van der Waals surface area contributed by atoms with Gasteiger partial charge in [0.15, 0.2) is 17.2 Å². The Hall–Kier alpha value is -1.99. The molecule has 0 aliphatic rings. The lowest BCUT2D eigenvalue weighted by molar-refractivity contribution is 0.412. The van der Waals surface area contributed by atoms with Gasteiger partial charge in [0.25, 0.3) is 5.71 Å². The minimum absolute atomic E-state index is 0.547. The van der Waals surface area contributed by atoms with Crippen molar-refractivity contribution in [3.63, 3.8) is 0 Å². The molecule has 3 heterocycles. The van der Waals surface area contributed by atoms with Gasteiger partial charge in [0.1, 0.15) is 6.33 Å². The molecule has 3 aromatic heterocycles. The quantitative estimate of drug-likeness (QED) is 0.692. The molecule has 0 unspecified atom stereocenters. The first-order valence-electron chi connectivity index (χ1n) is 7.55. The zero-order valence-corrected chi connectivity index (χ0v) is 14.7. The number of hydrogen-bond acceptors (Lipinski definition) is 7. The number of hydrogen-bond donors (Lipinski definition) is 0. The van der Waals surface area contributed by atoms with Crippen LogP contribution in [0.3, 0.4) is 0 Å². The molecule has 3 rings (SSSR count). The van der Waals surface area contributed by atoms with Gasteiger partial charge in [0.05, 0.1) is 6.54 Å². The van der Waals surface area contributed by atoms with E-state index in [4.69, 9.17) is 4.42 Å². The summed E-state index contributed by atoms with van der Waals surface area (Å²) in [6.45, 7) is 6.59. The first-order chi connectivity index (χ1) is 11.0. The number of fused-ring (bicyclic) bond motifs is 1. The number of oxazole rings is 1. The molecule has 0 radical (unpaired) electrons. The monoisotopic (exact) mass is 331 g/mol. The van der Waals surface area contributed by atoms with E-state index in [1.807, 2.05) is 6.92 Å². The predicted octanol–water partition coefficient (Wildman–Crippen LogP) is 2.86. The number of thiophene rings is 1. The standard InChI is InChI=1S/C16H21N5OS/c1-11-5-8-23-13(11)9-21(7-6-20(3)4)15-14-16(18-10-17-15)22-12(2)19-14/h5,8,10H,6-7,9H2,1-4H3. The second kappa shape index (κ2) is 6.64. The number of nitrogens with zero attached hydrogens (tertiary/aromatic N) is 5. The Morgan fingerprint density at radius 3 is 2.70 bits per heavy atom. The minimum atomic E-state index is 0.547. The molecule has 7 heteroatoms. The Labute approximate surface area is 139 Å². The van der Waals surface area contributed by atoms with Gasteiger partial charge < -0.3 is 14.2 Å². The Morgan fingerprint density at radius 2 is 2.00 bits per heavy atom. The van der Waals surface area contributed by atoms with Gasteiger partial charge in [0.2, 0.25) is 0 Å². The van der Waals surface area contributed by atoms with Gasteiger partial charge in [-0.25, -0.2) is 9.97 Å². The lowest BCUT2D eigenvalue weighted by Crippen LogP contribution is -2.32. The Balaban J connectivity index is 1.97. The summed E-state index contributed by atoms with van der Waals surface area (Å²) in [5.41, 5.74) is 2.59. The number of aryl methyl sites for hydroxylation is 2. The van der Waals surface area contributed by atoms with Crippen LogP contribution in [0.25, 0.3) is 11.2 Å². The predicted molar refractivity (Wildman–Crippen MR) is 93.0 cm³/mol. The maximum absolute atomic E-state index is 5.55. The van der Waals surface area contributed by atoms with Gasteiger partial charge in [0, 0.05) is 24.9 Å². The minimum Gasteiger partial charge on any atom is -0.422 e. The lowest BCUT2D eigenvalue weighted by atomic mass is 10.2. The fourth-order valence-electron chi connectivity index (χ4n) is 2.40. The molecule has 0 aliphatic heterocycles. The van der Waals surface area contributed by atoms with Crippen LogP contribution < -0.4 is 4.90 Å². The van der Waals surface area contributed by atoms with Crippen LogP contribution in [-0.4, -0.2) is 47.0 Å². The molecule has 0 saturated heterocycles. The van der Waals surface area contributed by atoms with Gasteiger partial charge in [-0.05, 0) is 38.0 Å². The van der Waals surface area contributed by atoms with Gasteiger partial charge >= 0.3 is 0 Å². The molecular formula is C16H21N5OS. The maximum Gasteiger partial charge on any atom is 0.252 e. The first-order valence-corrected chi connectivity index (χ1v) is 8.43. The maximum atomic E-state index is 5.55. The van der Waals surface area contributed by atoms with Crippen molar-refractivity contribution < 1.29 is 4.42 Å². The van der Waals surface area contributed by atoms with E-state index >= 15 is 0 Å². The number of aromatic nitrogens is 3. The highest BCUT2D eigenvalue weighted by Gasteiger charge is 2.18. The van der Waals surface area contributed by atoms with Crippen LogP contribution in [0.2, 0.25) is 0 Å². The third-order valence-electron chi connectivity index (χ3n) is 3.70. The lowest BCUT2D eigenvalue weighted by Gasteiger charge is -2.25. The zero-order chi connectivity index (χ0) is 16.4. The summed E-state index contributed by atoms with van der Waals surface area (Å²) in [5, 5.41) is 2.13. The van der Waals surface area contributed by atoms with E-state index in [1.54, 1.807) is 17.7 Å². The van der Waals surface area contributed by atoms with Gasteiger partial charge in [-0.1, -0.05) is 0 Å². The van der Waals surface area contributed by atoms with Crippen molar-refractivity contribution in [2.24, 2.45) is 0 Å². The van der Waals surface area contributed by atoms with Crippen molar-refractivity contribution >= 4 is 28.4 Å². The molecule has 6 nitrogen and oxygen atoms in total. The third kappa shape index (κ3) is 3.51. The summed E-state index contributed by atoms with van der Waals surface area (Å²) < 4.78 is 5.55. The van der Waals surface area contributed by atoms with Gasteiger partial charge in [-0.15, -0.1) is 11.3 Å². The van der Waals surface area contributed by atoms with Gasteiger partial charge in [-0.2, -0.15) is 4.98 Å². The molecule has 0 atom stereocenters. The van der Waals surface area contributed by atoms with Crippen LogP contribution in [0.5, 0.6) is 0 Å². The summed E-state index contributed by atoms with van der Waals surface area (Å²) in [4.78, 5) is 18.9. The van der Waals surface area contributed by atoms with E-state index in [1.165, 1.54) is 10.4 Å². The average molecular weight is 331 g/mol. The second-order valence-electron chi connectivity index (χ2n) is 5.84. The summed E-state index contributed by atoms with van der Waals surface area (Å²) in [7, 11) is 4.15. The molecule has 0 aliphatic carbocycles. The van der Waals surface area contributed by atoms with E-state index in [0.29, 0.717) is 11.6 Å². The molecule has 0 saturated carbocycles. The van der Waals surface area contributed by atoms with Crippen LogP contribution in [0.1, 0.15) is 16.3 Å². The van der Waals surface area contributed by atoms with E-state index in [9.17, 15) is 0 Å². The smallest absolute Gasteiger partial charge is 0.252 e. The van der Waals surface area contributed by atoms with Crippen molar-refractivity contribution in [3.05, 3.63) is 34.1 Å². The van der Waals surface area contributed by atoms with Crippen molar-refractivity contribution in [3.8, 4) is 0 Å². The highest BCUT2D eigenvalue weighted by Crippen LogP contribution is 2.26. The van der Waals surface area contributed by atoms with Crippen LogP contribution in [0.4, 0.5) is 5.82 Å². The van der Waals surface area contributed by atoms with Gasteiger partial charge in [-0.3, -0.25) is 0 Å². The normalized spacial score (nSPS) is 11.5. The highest BCUT2D eigenvalue weighted by molar-refractivity contribution is 7.10. The molecule has 0 fully saturated rings. The first kappa shape index (κ1) is 15.9. The summed E-state index contributed by atoms with van der Waals surface area (Å²) in [6.07, 6.45) is 1.55. The molecule has 122 valence electrons. The molecule has 0 amide bonds. The van der Waals surface area contributed by atoms with E-state index < -0.39 is 0 Å². The highest BCUT2D eigenvalue weighted by atomic mass is 32.1. The molecule has 0 spiro atoms. The Bertz CT molecular complexity index is 795. The Morgan fingerprint density at radius 1 is 1.17 bits per heavy atom. The molecule has 3 aromatic rings. The fourth-order valence-corrected chi connectivity index (χ4v) is 3.32. The largest absolute Gasteiger partial charge is 0.422 e. The van der Waals surface area contributed by atoms with Crippen molar-refractivity contribution in [1.82, 2.24) is 19.9 Å². The SMILES string of the molecule is Cc1nc2c(N(CCN(C)C)Cc3sccc3C)ncnc2o1. The third-order valence-corrected chi connectivity index (χ3v) is 4.71. The summed E-state index contributed by atoms with van der Waals surface area (Å²) in [5.74, 6) is 1.45. The van der Waals surface area contributed by atoms with E-state index in [-0.39, 0.29) is 0 Å². The second-order valence-corrected chi connectivity index (χ2v) is 6.84. The molecule has 0 aromatic carbocycles. The Kier molecular flexibility index (Phi) is 4.58. The van der Waals surface area contributed by atoms with Crippen molar-refractivity contribution in [2.45, 2.75) is 20.4 Å². The van der Waals surface area contributed by atoms with Crippen LogP contribution in [-0.2, 0) is 6.54 Å². The molecule has 0 N–H and O–H groups in total. The number of likely N-dealkylation sites (N-methyl/N-ethyl adjacent to an activating group) is 1. The molecule has 0 bridgehead atoms. The topological polar surface area (TPSA) is 58.3 Å². The summed E-state index contributed by atoms with van der Waals surface area (Å²) >= 11 is 1.77. The zero-order valence-electron chi connectivity index (χ0n) is 13.9. The van der Waals surface area contributed by atoms with E-state index in [2.05, 4.69) is 57.2 Å². The number of rotatable bonds is 6. The molecular weight excluding hydrogens is 310 g/mol. The van der Waals surface area contributed by atoms with E-state index in [0.717, 1.165) is 31.0 Å². The fraction of sp³-hybridized carbons (Fsp3) is 0.438. The average Bonchev–Trinajstić information content (AvgIpc) is 3.07. The van der Waals surface area contributed by atoms with Crippen LogP contribution >= 0.6 is 11.3 Å². The van der Waals surface area contributed by atoms with Crippen molar-refractivity contribution in [2.75, 3.05) is 32.1 Å². The molecule has 23 heavy (non-hydrogen) atoms. The summed E-state index contributed by atoms with van der Waals surface area (Å²) in [6, 6.07) is 2.15.